The second-order valence-electron chi connectivity index (χ2n) is 5.54. The lowest BCUT2D eigenvalue weighted by Crippen LogP contribution is -2.04. The molecule has 4 nitrogen and oxygen atoms in total. The first-order chi connectivity index (χ1) is 9.72. The van der Waals surface area contributed by atoms with Crippen molar-refractivity contribution in [2.24, 2.45) is 0 Å². The standard InChI is InChI=1S/C16H20N4/c1-11(2)15-6-16(20-10-19-15)18-7-12-3-4-13-8-17-9-14(13)5-12/h3-6,10-11,17H,7-9H2,1-2H3,(H,18,19,20). The Bertz CT molecular complexity index is 607. The van der Waals surface area contributed by atoms with E-state index in [0.29, 0.717) is 5.92 Å². The van der Waals surface area contributed by atoms with Crippen LogP contribution in [0.2, 0.25) is 0 Å². The van der Waals surface area contributed by atoms with E-state index < -0.39 is 0 Å². The zero-order chi connectivity index (χ0) is 13.9. The molecule has 3 rings (SSSR count). The van der Waals surface area contributed by atoms with Gasteiger partial charge in [-0.15, -0.1) is 0 Å². The first-order valence-electron chi connectivity index (χ1n) is 7.09. The Morgan fingerprint density at radius 3 is 2.85 bits per heavy atom. The maximum Gasteiger partial charge on any atom is 0.129 e. The van der Waals surface area contributed by atoms with Gasteiger partial charge >= 0.3 is 0 Å². The fraction of sp³-hybridized carbons (Fsp3) is 0.375. The van der Waals surface area contributed by atoms with Gasteiger partial charge in [-0.1, -0.05) is 32.0 Å². The summed E-state index contributed by atoms with van der Waals surface area (Å²) in [4.78, 5) is 8.56. The van der Waals surface area contributed by atoms with Crippen molar-refractivity contribution < 1.29 is 0 Å². The SMILES string of the molecule is CC(C)c1cc(NCc2ccc3c(c2)CNC3)ncn1. The zero-order valence-corrected chi connectivity index (χ0v) is 12.0. The zero-order valence-electron chi connectivity index (χ0n) is 12.0. The third-order valence-corrected chi connectivity index (χ3v) is 3.65. The molecule has 2 heterocycles. The lowest BCUT2D eigenvalue weighted by molar-refractivity contribution is 0.764. The van der Waals surface area contributed by atoms with E-state index in [2.05, 4.69) is 52.6 Å². The van der Waals surface area contributed by atoms with E-state index in [1.54, 1.807) is 6.33 Å². The van der Waals surface area contributed by atoms with Crippen molar-refractivity contribution >= 4 is 5.82 Å². The Morgan fingerprint density at radius 2 is 2.00 bits per heavy atom. The van der Waals surface area contributed by atoms with Crippen LogP contribution in [0.15, 0.2) is 30.6 Å². The van der Waals surface area contributed by atoms with E-state index in [1.165, 1.54) is 16.7 Å². The van der Waals surface area contributed by atoms with E-state index in [9.17, 15) is 0 Å². The van der Waals surface area contributed by atoms with Gasteiger partial charge in [-0.05, 0) is 22.6 Å². The van der Waals surface area contributed by atoms with Crippen LogP contribution in [0.5, 0.6) is 0 Å². The average molecular weight is 268 g/mol. The van der Waals surface area contributed by atoms with Gasteiger partial charge in [0.1, 0.15) is 12.1 Å². The Balaban J connectivity index is 1.69. The van der Waals surface area contributed by atoms with Crippen LogP contribution in [0.1, 0.15) is 42.1 Å². The molecule has 1 aromatic heterocycles. The Kier molecular flexibility index (Phi) is 3.65. The molecule has 0 bridgehead atoms. The summed E-state index contributed by atoms with van der Waals surface area (Å²) >= 11 is 0. The normalized spacial score (nSPS) is 13.6. The Hall–Kier alpha value is -1.94. The minimum absolute atomic E-state index is 0.421. The molecule has 4 heteroatoms. The number of fused-ring (bicyclic) bond motifs is 1. The molecule has 2 aromatic rings. The van der Waals surface area contributed by atoms with Gasteiger partial charge in [-0.3, -0.25) is 0 Å². The van der Waals surface area contributed by atoms with Crippen molar-refractivity contribution in [3.05, 3.63) is 53.0 Å². The third kappa shape index (κ3) is 2.80. The number of nitrogens with one attached hydrogen (secondary N) is 2. The average Bonchev–Trinajstić information content (AvgIpc) is 2.93. The largest absolute Gasteiger partial charge is 0.366 e. The number of hydrogen-bond acceptors (Lipinski definition) is 4. The molecule has 1 aromatic carbocycles. The van der Waals surface area contributed by atoms with Gasteiger partial charge in [0.05, 0.1) is 0 Å². The minimum Gasteiger partial charge on any atom is -0.366 e. The summed E-state index contributed by atoms with van der Waals surface area (Å²) < 4.78 is 0. The fourth-order valence-electron chi connectivity index (χ4n) is 2.44. The summed E-state index contributed by atoms with van der Waals surface area (Å²) in [5.41, 5.74) is 5.19. The van der Waals surface area contributed by atoms with Gasteiger partial charge in [-0.2, -0.15) is 0 Å². The highest BCUT2D eigenvalue weighted by atomic mass is 15.0. The van der Waals surface area contributed by atoms with Crippen molar-refractivity contribution in [3.8, 4) is 0 Å². The summed E-state index contributed by atoms with van der Waals surface area (Å²) in [5, 5.41) is 6.74. The summed E-state index contributed by atoms with van der Waals surface area (Å²) in [7, 11) is 0. The van der Waals surface area contributed by atoms with E-state index in [0.717, 1.165) is 31.1 Å². The van der Waals surface area contributed by atoms with Crippen molar-refractivity contribution in [2.75, 3.05) is 5.32 Å². The molecule has 0 saturated heterocycles. The number of anilines is 1. The molecule has 20 heavy (non-hydrogen) atoms. The Morgan fingerprint density at radius 1 is 1.15 bits per heavy atom. The second-order valence-corrected chi connectivity index (χ2v) is 5.54. The van der Waals surface area contributed by atoms with Crippen LogP contribution in [0.4, 0.5) is 5.82 Å². The molecule has 0 aliphatic carbocycles. The van der Waals surface area contributed by atoms with Crippen LogP contribution in [0, 0.1) is 0 Å². The molecule has 0 atom stereocenters. The lowest BCUT2D eigenvalue weighted by atomic mass is 10.1. The molecule has 104 valence electrons. The number of aromatic nitrogens is 2. The van der Waals surface area contributed by atoms with Crippen molar-refractivity contribution in [1.29, 1.82) is 0 Å². The molecule has 0 fully saturated rings. The van der Waals surface area contributed by atoms with Gasteiger partial charge in [0.15, 0.2) is 0 Å². The lowest BCUT2D eigenvalue weighted by Gasteiger charge is -2.09. The highest BCUT2D eigenvalue weighted by molar-refractivity contribution is 5.39. The fourth-order valence-corrected chi connectivity index (χ4v) is 2.44. The molecule has 0 spiro atoms. The van der Waals surface area contributed by atoms with Gasteiger partial charge in [0, 0.05) is 31.4 Å². The molecule has 0 amide bonds. The topological polar surface area (TPSA) is 49.8 Å². The quantitative estimate of drug-likeness (QED) is 0.895. The summed E-state index contributed by atoms with van der Waals surface area (Å²) in [6.45, 7) is 7.04. The number of nitrogens with zero attached hydrogens (tertiary/aromatic N) is 2. The second kappa shape index (κ2) is 5.59. The van der Waals surface area contributed by atoms with Gasteiger partial charge in [0.2, 0.25) is 0 Å². The van der Waals surface area contributed by atoms with Gasteiger partial charge in [-0.25, -0.2) is 9.97 Å². The molecule has 2 N–H and O–H groups in total. The van der Waals surface area contributed by atoms with Crippen LogP contribution in [0.3, 0.4) is 0 Å². The van der Waals surface area contributed by atoms with Crippen LogP contribution in [-0.2, 0) is 19.6 Å². The molecule has 0 saturated carbocycles. The van der Waals surface area contributed by atoms with Crippen molar-refractivity contribution in [1.82, 2.24) is 15.3 Å². The molecule has 0 radical (unpaired) electrons. The molecule has 1 aliphatic heterocycles. The maximum absolute atomic E-state index is 4.28. The van der Waals surface area contributed by atoms with E-state index in [1.807, 2.05) is 6.07 Å². The van der Waals surface area contributed by atoms with E-state index in [4.69, 9.17) is 0 Å². The van der Waals surface area contributed by atoms with Crippen LogP contribution < -0.4 is 10.6 Å². The molecular weight excluding hydrogens is 248 g/mol. The number of rotatable bonds is 4. The highest BCUT2D eigenvalue weighted by Crippen LogP contribution is 2.18. The van der Waals surface area contributed by atoms with E-state index in [-0.39, 0.29) is 0 Å². The first-order valence-corrected chi connectivity index (χ1v) is 7.09. The predicted molar refractivity (Wildman–Crippen MR) is 80.4 cm³/mol. The number of benzene rings is 1. The van der Waals surface area contributed by atoms with Crippen molar-refractivity contribution in [3.63, 3.8) is 0 Å². The predicted octanol–water partition coefficient (Wildman–Crippen LogP) is 2.82. The molecule has 0 unspecified atom stereocenters. The third-order valence-electron chi connectivity index (χ3n) is 3.65. The Labute approximate surface area is 119 Å². The van der Waals surface area contributed by atoms with Crippen LogP contribution in [0.25, 0.3) is 0 Å². The molecule has 1 aliphatic rings. The monoisotopic (exact) mass is 268 g/mol. The minimum atomic E-state index is 0.421. The maximum atomic E-state index is 4.28. The summed E-state index contributed by atoms with van der Waals surface area (Å²) in [6.07, 6.45) is 1.63. The van der Waals surface area contributed by atoms with Gasteiger partial charge in [0.25, 0.3) is 0 Å². The highest BCUT2D eigenvalue weighted by Gasteiger charge is 2.10. The van der Waals surface area contributed by atoms with Crippen LogP contribution >= 0.6 is 0 Å². The molecular formula is C16H20N4. The smallest absolute Gasteiger partial charge is 0.129 e. The van der Waals surface area contributed by atoms with Gasteiger partial charge < -0.3 is 10.6 Å². The summed E-state index contributed by atoms with van der Waals surface area (Å²) in [5.74, 6) is 1.31. The van der Waals surface area contributed by atoms with Crippen LogP contribution in [-0.4, -0.2) is 9.97 Å². The van der Waals surface area contributed by atoms with E-state index >= 15 is 0 Å². The number of hydrogen-bond donors (Lipinski definition) is 2. The first kappa shape index (κ1) is 13.1. The van der Waals surface area contributed by atoms with Crippen molar-refractivity contribution in [2.45, 2.75) is 39.4 Å². The summed E-state index contributed by atoms with van der Waals surface area (Å²) in [6, 6.07) is 8.70.